The van der Waals surface area contributed by atoms with E-state index in [0.717, 1.165) is 12.5 Å². The summed E-state index contributed by atoms with van der Waals surface area (Å²) < 4.78 is 43.2. The van der Waals surface area contributed by atoms with Gasteiger partial charge in [0, 0.05) is 10.8 Å². The summed E-state index contributed by atoms with van der Waals surface area (Å²) in [5.74, 6) is -1.25. The van der Waals surface area contributed by atoms with Gasteiger partial charge in [0.15, 0.2) is 6.10 Å². The zero-order valence-electron chi connectivity index (χ0n) is 14.4. The van der Waals surface area contributed by atoms with Crippen molar-refractivity contribution in [2.45, 2.75) is 26.1 Å². The maximum Gasteiger partial charge on any atom is 0.425 e. The minimum atomic E-state index is -4.52. The number of aryl methyl sites for hydroxylation is 1. The van der Waals surface area contributed by atoms with Gasteiger partial charge in [-0.1, -0.05) is 12.1 Å². The Morgan fingerprint density at radius 1 is 1.19 bits per heavy atom. The Kier molecular flexibility index (Phi) is 4.73. The number of ether oxygens (including phenoxy) is 1. The number of hydrogen-bond donors (Lipinski definition) is 1. The van der Waals surface area contributed by atoms with Gasteiger partial charge in [0.25, 0.3) is 0 Å². The fraction of sp³-hybridized carbons (Fsp3) is 0.211. The molecule has 1 aromatic heterocycles. The van der Waals surface area contributed by atoms with Crippen LogP contribution in [-0.2, 0) is 0 Å². The molecule has 27 heavy (non-hydrogen) atoms. The number of carbonyl (C=O) groups is 1. The van der Waals surface area contributed by atoms with E-state index in [9.17, 15) is 23.1 Å². The van der Waals surface area contributed by atoms with Crippen molar-refractivity contribution in [3.05, 3.63) is 53.7 Å². The second-order valence-electron chi connectivity index (χ2n) is 6.09. The predicted octanol–water partition coefficient (Wildman–Crippen LogP) is 4.63. The Balaban J connectivity index is 2.05. The van der Waals surface area contributed by atoms with Gasteiger partial charge in [-0.25, -0.2) is 4.79 Å². The molecule has 1 atom stereocenters. The molecular formula is C19H15F3N2O3. The fourth-order valence-corrected chi connectivity index (χ4v) is 2.62. The average Bonchev–Trinajstić information content (AvgIpc) is 2.61. The molecule has 0 saturated carbocycles. The Morgan fingerprint density at radius 2 is 1.93 bits per heavy atom. The van der Waals surface area contributed by atoms with Crippen molar-refractivity contribution in [2.24, 2.45) is 0 Å². The van der Waals surface area contributed by atoms with Crippen LogP contribution in [0.3, 0.4) is 0 Å². The highest BCUT2D eigenvalue weighted by molar-refractivity contribution is 5.93. The second kappa shape index (κ2) is 6.86. The van der Waals surface area contributed by atoms with Gasteiger partial charge in [-0.15, -0.1) is 5.10 Å². The molecule has 3 rings (SSSR count). The monoisotopic (exact) mass is 376 g/mol. The van der Waals surface area contributed by atoms with Gasteiger partial charge in [0.2, 0.25) is 5.88 Å². The summed E-state index contributed by atoms with van der Waals surface area (Å²) in [4.78, 5) is 11.2. The van der Waals surface area contributed by atoms with E-state index in [-0.39, 0.29) is 11.4 Å². The zero-order chi connectivity index (χ0) is 19.8. The normalized spacial score (nSPS) is 12.8. The SMILES string of the molecule is Cc1ccc(C(=O)O)cc1-c1ccc2c(O[C@@H](C)C(F)(F)F)nncc2c1. The first-order valence-electron chi connectivity index (χ1n) is 8.00. The van der Waals surface area contributed by atoms with Crippen LogP contribution < -0.4 is 4.74 Å². The van der Waals surface area contributed by atoms with E-state index < -0.39 is 18.2 Å². The lowest BCUT2D eigenvalue weighted by Crippen LogP contribution is -2.31. The van der Waals surface area contributed by atoms with Gasteiger partial charge in [-0.05, 0) is 54.8 Å². The molecule has 5 nitrogen and oxygen atoms in total. The summed E-state index contributed by atoms with van der Waals surface area (Å²) in [7, 11) is 0. The maximum atomic E-state index is 12.7. The van der Waals surface area contributed by atoms with Gasteiger partial charge in [-0.3, -0.25) is 0 Å². The molecular weight excluding hydrogens is 361 g/mol. The predicted molar refractivity (Wildman–Crippen MR) is 92.8 cm³/mol. The highest BCUT2D eigenvalue weighted by Gasteiger charge is 2.38. The number of nitrogens with zero attached hydrogens (tertiary/aromatic N) is 2. The van der Waals surface area contributed by atoms with Gasteiger partial charge in [0.05, 0.1) is 11.8 Å². The van der Waals surface area contributed by atoms with Crippen LogP contribution in [0.2, 0.25) is 0 Å². The molecule has 0 amide bonds. The molecule has 1 N–H and O–H groups in total. The Bertz CT molecular complexity index is 1020. The number of benzene rings is 2. The van der Waals surface area contributed by atoms with Gasteiger partial charge in [-0.2, -0.15) is 18.3 Å². The molecule has 3 aromatic rings. The summed E-state index contributed by atoms with van der Waals surface area (Å²) >= 11 is 0. The molecule has 0 spiro atoms. The summed E-state index contributed by atoms with van der Waals surface area (Å²) in [6, 6.07) is 9.75. The number of fused-ring (bicyclic) bond motifs is 1. The number of carboxylic acid groups (broad SMARTS) is 1. The number of hydrogen-bond acceptors (Lipinski definition) is 4. The molecule has 0 aliphatic rings. The topological polar surface area (TPSA) is 72.3 Å². The standard InChI is InChI=1S/C19H15F3N2O3/c1-10-3-4-13(18(25)26)8-16(10)12-5-6-15-14(7-12)9-23-24-17(15)27-11(2)19(20,21)22/h3-9,11H,1-2H3,(H,25,26)/t11-/m0/s1. The first-order valence-corrected chi connectivity index (χ1v) is 8.00. The smallest absolute Gasteiger partial charge is 0.425 e. The highest BCUT2D eigenvalue weighted by atomic mass is 19.4. The molecule has 0 unspecified atom stereocenters. The first kappa shape index (κ1) is 18.6. The fourth-order valence-electron chi connectivity index (χ4n) is 2.62. The van der Waals surface area contributed by atoms with E-state index in [2.05, 4.69) is 10.2 Å². The molecule has 1 heterocycles. The van der Waals surface area contributed by atoms with Crippen LogP contribution in [0.5, 0.6) is 5.88 Å². The van der Waals surface area contributed by atoms with Gasteiger partial charge < -0.3 is 9.84 Å². The molecule has 0 fully saturated rings. The summed E-state index contributed by atoms with van der Waals surface area (Å²) in [5, 5.41) is 17.5. The number of rotatable bonds is 4. The van der Waals surface area contributed by atoms with Crippen molar-refractivity contribution in [1.82, 2.24) is 10.2 Å². The molecule has 0 saturated heterocycles. The molecule has 0 radical (unpaired) electrons. The molecule has 140 valence electrons. The van der Waals surface area contributed by atoms with Crippen LogP contribution in [0.15, 0.2) is 42.6 Å². The Morgan fingerprint density at radius 3 is 2.59 bits per heavy atom. The number of alkyl halides is 3. The van der Waals surface area contributed by atoms with E-state index in [4.69, 9.17) is 4.74 Å². The third-order valence-corrected chi connectivity index (χ3v) is 4.17. The van der Waals surface area contributed by atoms with Gasteiger partial charge in [0.1, 0.15) is 0 Å². The van der Waals surface area contributed by atoms with E-state index in [1.807, 2.05) is 6.92 Å². The van der Waals surface area contributed by atoms with Crippen molar-refractivity contribution < 1.29 is 27.8 Å². The van der Waals surface area contributed by atoms with Crippen LogP contribution in [-0.4, -0.2) is 33.6 Å². The van der Waals surface area contributed by atoms with E-state index >= 15 is 0 Å². The number of halogens is 3. The van der Waals surface area contributed by atoms with Crippen LogP contribution in [0.25, 0.3) is 21.9 Å². The van der Waals surface area contributed by atoms with Crippen LogP contribution in [0.1, 0.15) is 22.8 Å². The molecule has 0 aliphatic carbocycles. The highest BCUT2D eigenvalue weighted by Crippen LogP contribution is 2.32. The molecule has 8 heteroatoms. The van der Waals surface area contributed by atoms with Crippen molar-refractivity contribution in [2.75, 3.05) is 0 Å². The molecule has 0 bridgehead atoms. The third kappa shape index (κ3) is 3.84. The number of aromatic nitrogens is 2. The Labute approximate surface area is 152 Å². The first-order chi connectivity index (χ1) is 12.7. The van der Waals surface area contributed by atoms with Crippen LogP contribution in [0.4, 0.5) is 13.2 Å². The summed E-state index contributed by atoms with van der Waals surface area (Å²) in [5.41, 5.74) is 2.43. The van der Waals surface area contributed by atoms with E-state index in [1.165, 1.54) is 12.3 Å². The number of aromatic carboxylic acids is 1. The minimum Gasteiger partial charge on any atom is -0.478 e. The summed E-state index contributed by atoms with van der Waals surface area (Å²) in [6.07, 6.45) is -5.12. The molecule has 2 aromatic carbocycles. The second-order valence-corrected chi connectivity index (χ2v) is 6.09. The average molecular weight is 376 g/mol. The lowest BCUT2D eigenvalue weighted by atomic mass is 9.96. The Hall–Kier alpha value is -3.16. The van der Waals surface area contributed by atoms with Gasteiger partial charge >= 0.3 is 12.1 Å². The zero-order valence-corrected chi connectivity index (χ0v) is 14.4. The van der Waals surface area contributed by atoms with E-state index in [0.29, 0.717) is 21.9 Å². The van der Waals surface area contributed by atoms with Crippen LogP contribution in [0, 0.1) is 6.92 Å². The van der Waals surface area contributed by atoms with Crippen molar-refractivity contribution in [1.29, 1.82) is 0 Å². The maximum absolute atomic E-state index is 12.7. The number of carboxylic acids is 1. The van der Waals surface area contributed by atoms with E-state index in [1.54, 1.807) is 30.3 Å². The quantitative estimate of drug-likeness (QED) is 0.719. The third-order valence-electron chi connectivity index (χ3n) is 4.17. The molecule has 0 aliphatic heterocycles. The van der Waals surface area contributed by atoms with Crippen molar-refractivity contribution in [3.8, 4) is 17.0 Å². The summed E-state index contributed by atoms with van der Waals surface area (Å²) in [6.45, 7) is 2.74. The largest absolute Gasteiger partial charge is 0.478 e. The van der Waals surface area contributed by atoms with Crippen molar-refractivity contribution >= 4 is 16.7 Å². The lowest BCUT2D eigenvalue weighted by Gasteiger charge is -2.17. The lowest BCUT2D eigenvalue weighted by molar-refractivity contribution is -0.189. The van der Waals surface area contributed by atoms with Crippen molar-refractivity contribution in [3.63, 3.8) is 0 Å². The minimum absolute atomic E-state index is 0.145. The van der Waals surface area contributed by atoms with Crippen LogP contribution >= 0.6 is 0 Å².